The summed E-state index contributed by atoms with van der Waals surface area (Å²) in [6.07, 6.45) is 8.99. The molecule has 3 aromatic rings. The molecule has 0 aromatic carbocycles. The molecule has 4 rings (SSSR count). The molecular formula is C27H31N5O4. The molecule has 1 fully saturated rings. The number of carbonyl (C=O) groups is 1. The van der Waals surface area contributed by atoms with Crippen LogP contribution in [-0.4, -0.2) is 49.9 Å². The summed E-state index contributed by atoms with van der Waals surface area (Å²) in [6, 6.07) is 7.42. The fourth-order valence-electron chi connectivity index (χ4n) is 4.23. The Morgan fingerprint density at radius 1 is 1.19 bits per heavy atom. The van der Waals surface area contributed by atoms with Crippen LogP contribution in [0.25, 0.3) is 22.4 Å². The maximum absolute atomic E-state index is 10.9. The number of fused-ring (bicyclic) bond motifs is 1. The van der Waals surface area contributed by atoms with Crippen LogP contribution in [-0.2, 0) is 4.79 Å². The molecule has 188 valence electrons. The van der Waals surface area contributed by atoms with Gasteiger partial charge in [0, 0.05) is 36.5 Å². The van der Waals surface area contributed by atoms with Gasteiger partial charge in [0.25, 0.3) is 0 Å². The van der Waals surface area contributed by atoms with Crippen LogP contribution >= 0.6 is 0 Å². The van der Waals surface area contributed by atoms with E-state index in [-0.39, 0.29) is 18.4 Å². The number of allylic oxidation sites excluding steroid dienone is 2. The number of aliphatic imine (C=N–C) groups is 1. The second kappa shape index (κ2) is 11.6. The first kappa shape index (κ1) is 25.1. The van der Waals surface area contributed by atoms with Crippen molar-refractivity contribution in [3.05, 3.63) is 54.5 Å². The van der Waals surface area contributed by atoms with E-state index in [2.05, 4.69) is 31.5 Å². The van der Waals surface area contributed by atoms with Gasteiger partial charge in [-0.15, -0.1) is 0 Å². The standard InChI is InChI=1S/C27H31N5O4/c1-4-21(26-30-22-11-13-24(35-5-2)31-27(22)32-26)28-15-17(3)19-8-12-23(29-16-19)36-20-9-6-18(7-10-20)14-25(33)34/h4,8,11-13,15-16,18,20H,3,5-7,9-10,14H2,1-2H3,(H,33,34)(H,30,31,32). The van der Waals surface area contributed by atoms with Crippen molar-refractivity contribution >= 4 is 34.6 Å². The van der Waals surface area contributed by atoms with E-state index in [0.29, 0.717) is 41.1 Å². The number of hydrogen-bond donors (Lipinski definition) is 2. The number of aliphatic carboxylic acids is 1. The van der Waals surface area contributed by atoms with Crippen molar-refractivity contribution in [2.75, 3.05) is 6.61 Å². The van der Waals surface area contributed by atoms with E-state index >= 15 is 0 Å². The summed E-state index contributed by atoms with van der Waals surface area (Å²) in [5.41, 5.74) is 3.57. The number of imidazole rings is 1. The third-order valence-corrected chi connectivity index (χ3v) is 6.14. The van der Waals surface area contributed by atoms with Crippen LogP contribution in [0.15, 0.2) is 48.1 Å². The van der Waals surface area contributed by atoms with Crippen LogP contribution in [0.1, 0.15) is 57.3 Å². The van der Waals surface area contributed by atoms with Gasteiger partial charge in [-0.2, -0.15) is 4.98 Å². The summed E-state index contributed by atoms with van der Waals surface area (Å²) in [7, 11) is 0. The Balaban J connectivity index is 1.35. The number of nitrogens with zero attached hydrogens (tertiary/aromatic N) is 4. The number of carboxylic acid groups (broad SMARTS) is 1. The number of rotatable bonds is 10. The van der Waals surface area contributed by atoms with Crippen LogP contribution in [0.5, 0.6) is 11.8 Å². The molecule has 0 atom stereocenters. The highest BCUT2D eigenvalue weighted by Gasteiger charge is 2.24. The largest absolute Gasteiger partial charge is 0.481 e. The van der Waals surface area contributed by atoms with E-state index in [1.807, 2.05) is 38.1 Å². The maximum atomic E-state index is 10.9. The molecule has 0 bridgehead atoms. The lowest BCUT2D eigenvalue weighted by Crippen LogP contribution is -2.25. The lowest BCUT2D eigenvalue weighted by molar-refractivity contribution is -0.138. The Hall–Kier alpha value is -4.01. The number of ether oxygens (including phenoxy) is 2. The van der Waals surface area contributed by atoms with Crippen molar-refractivity contribution in [3.63, 3.8) is 0 Å². The van der Waals surface area contributed by atoms with Crippen molar-refractivity contribution in [1.82, 2.24) is 19.9 Å². The number of nitrogens with one attached hydrogen (secondary N) is 1. The highest BCUT2D eigenvalue weighted by Crippen LogP contribution is 2.29. The number of H-pyrrole nitrogens is 1. The molecule has 1 aliphatic carbocycles. The van der Waals surface area contributed by atoms with Crippen molar-refractivity contribution < 1.29 is 19.4 Å². The molecule has 1 saturated carbocycles. The van der Waals surface area contributed by atoms with Gasteiger partial charge < -0.3 is 19.6 Å². The zero-order valence-electron chi connectivity index (χ0n) is 20.6. The smallest absolute Gasteiger partial charge is 0.303 e. The number of aromatic nitrogens is 4. The Bertz CT molecular complexity index is 1270. The van der Waals surface area contributed by atoms with Gasteiger partial charge in [-0.05, 0) is 63.2 Å². The summed E-state index contributed by atoms with van der Waals surface area (Å²) in [5, 5.41) is 8.96. The Labute approximate surface area is 210 Å². The first-order valence-electron chi connectivity index (χ1n) is 12.2. The zero-order valence-corrected chi connectivity index (χ0v) is 20.6. The third kappa shape index (κ3) is 6.35. The van der Waals surface area contributed by atoms with E-state index in [1.54, 1.807) is 18.5 Å². The maximum Gasteiger partial charge on any atom is 0.303 e. The van der Waals surface area contributed by atoms with E-state index in [4.69, 9.17) is 14.6 Å². The molecular weight excluding hydrogens is 458 g/mol. The lowest BCUT2D eigenvalue weighted by atomic mass is 9.85. The minimum Gasteiger partial charge on any atom is -0.481 e. The topological polar surface area (TPSA) is 123 Å². The summed E-state index contributed by atoms with van der Waals surface area (Å²) in [6.45, 7) is 8.46. The molecule has 0 spiro atoms. The van der Waals surface area contributed by atoms with Gasteiger partial charge in [0.1, 0.15) is 11.8 Å². The molecule has 0 amide bonds. The first-order valence-corrected chi connectivity index (χ1v) is 12.2. The minimum absolute atomic E-state index is 0.0679. The zero-order chi connectivity index (χ0) is 25.5. The Morgan fingerprint density at radius 3 is 2.64 bits per heavy atom. The summed E-state index contributed by atoms with van der Waals surface area (Å²) >= 11 is 0. The molecule has 0 radical (unpaired) electrons. The average molecular weight is 490 g/mol. The third-order valence-electron chi connectivity index (χ3n) is 6.14. The van der Waals surface area contributed by atoms with Gasteiger partial charge in [0.15, 0.2) is 11.5 Å². The van der Waals surface area contributed by atoms with E-state index in [0.717, 1.165) is 36.8 Å². The Morgan fingerprint density at radius 2 is 1.97 bits per heavy atom. The molecule has 0 saturated heterocycles. The second-order valence-corrected chi connectivity index (χ2v) is 8.74. The predicted octanol–water partition coefficient (Wildman–Crippen LogP) is 5.31. The van der Waals surface area contributed by atoms with Gasteiger partial charge >= 0.3 is 5.97 Å². The fourth-order valence-corrected chi connectivity index (χ4v) is 4.23. The highest BCUT2D eigenvalue weighted by molar-refractivity contribution is 6.10. The highest BCUT2D eigenvalue weighted by atomic mass is 16.5. The number of carboxylic acids is 1. The quantitative estimate of drug-likeness (QED) is 0.370. The first-order chi connectivity index (χ1) is 17.4. The van der Waals surface area contributed by atoms with E-state index in [9.17, 15) is 4.79 Å². The summed E-state index contributed by atoms with van der Waals surface area (Å²) in [4.78, 5) is 32.1. The SMILES string of the molecule is C=C(C=NC(=CC)c1nc2nc(OCC)ccc2[nH]1)c1ccc(OC2CCC(CC(=O)O)CC2)nc1. The van der Waals surface area contributed by atoms with Gasteiger partial charge in [0.2, 0.25) is 11.8 Å². The van der Waals surface area contributed by atoms with Crippen molar-refractivity contribution in [3.8, 4) is 11.8 Å². The van der Waals surface area contributed by atoms with Crippen LogP contribution in [0, 0.1) is 5.92 Å². The van der Waals surface area contributed by atoms with Crippen LogP contribution in [0.2, 0.25) is 0 Å². The minimum atomic E-state index is -0.729. The molecule has 9 nitrogen and oxygen atoms in total. The molecule has 1 aliphatic rings. The molecule has 0 aliphatic heterocycles. The molecule has 9 heteroatoms. The lowest BCUT2D eigenvalue weighted by Gasteiger charge is -2.27. The van der Waals surface area contributed by atoms with Gasteiger partial charge in [0.05, 0.1) is 12.1 Å². The van der Waals surface area contributed by atoms with Crippen LogP contribution in [0.3, 0.4) is 0 Å². The van der Waals surface area contributed by atoms with Crippen molar-refractivity contribution in [2.45, 2.75) is 52.1 Å². The van der Waals surface area contributed by atoms with Gasteiger partial charge in [-0.25, -0.2) is 9.97 Å². The molecule has 3 aromatic heterocycles. The second-order valence-electron chi connectivity index (χ2n) is 8.74. The van der Waals surface area contributed by atoms with E-state index in [1.165, 1.54) is 0 Å². The van der Waals surface area contributed by atoms with Crippen LogP contribution < -0.4 is 9.47 Å². The molecule has 3 heterocycles. The monoisotopic (exact) mass is 489 g/mol. The number of aromatic amines is 1. The normalized spacial score (nSPS) is 18.4. The van der Waals surface area contributed by atoms with Crippen molar-refractivity contribution in [2.24, 2.45) is 10.9 Å². The summed E-state index contributed by atoms with van der Waals surface area (Å²) in [5.74, 6) is 1.21. The summed E-state index contributed by atoms with van der Waals surface area (Å²) < 4.78 is 11.5. The number of hydrogen-bond acceptors (Lipinski definition) is 7. The van der Waals surface area contributed by atoms with Gasteiger partial charge in [-0.3, -0.25) is 9.79 Å². The molecule has 0 unspecified atom stereocenters. The molecule has 36 heavy (non-hydrogen) atoms. The van der Waals surface area contributed by atoms with E-state index < -0.39 is 5.97 Å². The predicted molar refractivity (Wildman–Crippen MR) is 139 cm³/mol. The van der Waals surface area contributed by atoms with Crippen molar-refractivity contribution in [1.29, 1.82) is 0 Å². The fraction of sp³-hybridized carbons (Fsp3) is 0.370. The van der Waals surface area contributed by atoms with Gasteiger partial charge in [-0.1, -0.05) is 12.7 Å². The molecule has 2 N–H and O–H groups in total. The number of pyridine rings is 2. The van der Waals surface area contributed by atoms with Crippen LogP contribution in [0.4, 0.5) is 0 Å². The average Bonchev–Trinajstić information content (AvgIpc) is 3.29. The Kier molecular flexibility index (Phi) is 8.10.